The Labute approximate surface area is 88.1 Å². The van der Waals surface area contributed by atoms with Crippen molar-refractivity contribution in [3.8, 4) is 5.75 Å². The highest BCUT2D eigenvalue weighted by Gasteiger charge is 2.04. The largest absolute Gasteiger partial charge is 0.496 e. The molecule has 0 bridgehead atoms. The number of carbonyl (C=O) groups is 1. The Morgan fingerprint density at radius 3 is 3.07 bits per heavy atom. The number of methoxy groups -OCH3 is 1. The van der Waals surface area contributed by atoms with E-state index in [1.807, 2.05) is 18.3 Å². The molecule has 1 heterocycles. The number of aromatic amines is 1. The normalized spacial score (nSPS) is 10.5. The molecule has 0 radical (unpaired) electrons. The summed E-state index contributed by atoms with van der Waals surface area (Å²) in [6.45, 7) is 0. The van der Waals surface area contributed by atoms with Gasteiger partial charge in [0.15, 0.2) is 0 Å². The van der Waals surface area contributed by atoms with Gasteiger partial charge in [-0.15, -0.1) is 0 Å². The van der Waals surface area contributed by atoms with E-state index in [-0.39, 0.29) is 0 Å². The average molecular weight is 203 g/mol. The Morgan fingerprint density at radius 1 is 1.47 bits per heavy atom. The van der Waals surface area contributed by atoms with Gasteiger partial charge in [-0.25, -0.2) is 0 Å². The minimum absolute atomic E-state index is 0.551. The Kier molecular flexibility index (Phi) is 2.72. The quantitative estimate of drug-likeness (QED) is 0.775. The number of ether oxygens (including phenoxy) is 1. The molecule has 2 rings (SSSR count). The maximum Gasteiger partial charge on any atom is 0.128 e. The fraction of sp³-hybridized carbons (Fsp3) is 0.250. The van der Waals surface area contributed by atoms with Crippen molar-refractivity contribution in [3.63, 3.8) is 0 Å². The molecule has 0 saturated heterocycles. The number of carbonyl (C=O) groups excluding carboxylic acids is 1. The molecule has 0 saturated carbocycles. The zero-order valence-corrected chi connectivity index (χ0v) is 8.62. The van der Waals surface area contributed by atoms with Crippen LogP contribution < -0.4 is 4.74 Å². The van der Waals surface area contributed by atoms with Crippen molar-refractivity contribution >= 4 is 17.2 Å². The van der Waals surface area contributed by atoms with Gasteiger partial charge in [-0.3, -0.25) is 0 Å². The summed E-state index contributed by atoms with van der Waals surface area (Å²) in [6, 6.07) is 6.03. The number of hydrogen-bond donors (Lipinski definition) is 1. The third-order valence-corrected chi connectivity index (χ3v) is 2.46. The molecule has 15 heavy (non-hydrogen) atoms. The summed E-state index contributed by atoms with van der Waals surface area (Å²) in [6.07, 6.45) is 4.13. The second kappa shape index (κ2) is 4.17. The summed E-state index contributed by atoms with van der Waals surface area (Å²) in [4.78, 5) is 13.4. The van der Waals surface area contributed by atoms with Crippen LogP contribution in [-0.4, -0.2) is 18.4 Å². The SMILES string of the molecule is COc1cc(CCC=O)cc2[nH]ccc12. The first-order valence-electron chi connectivity index (χ1n) is 4.93. The van der Waals surface area contributed by atoms with Crippen LogP contribution in [0.1, 0.15) is 12.0 Å². The number of hydrogen-bond acceptors (Lipinski definition) is 2. The van der Waals surface area contributed by atoms with Crippen molar-refractivity contribution < 1.29 is 9.53 Å². The van der Waals surface area contributed by atoms with E-state index in [4.69, 9.17) is 4.74 Å². The van der Waals surface area contributed by atoms with Crippen molar-refractivity contribution in [2.75, 3.05) is 7.11 Å². The highest BCUT2D eigenvalue weighted by molar-refractivity contribution is 5.86. The summed E-state index contributed by atoms with van der Waals surface area (Å²) in [7, 11) is 1.66. The van der Waals surface area contributed by atoms with Gasteiger partial charge < -0.3 is 14.5 Å². The van der Waals surface area contributed by atoms with Gasteiger partial charge in [0.05, 0.1) is 7.11 Å². The summed E-state index contributed by atoms with van der Waals surface area (Å²) >= 11 is 0. The fourth-order valence-electron chi connectivity index (χ4n) is 1.73. The molecule has 78 valence electrons. The number of rotatable bonds is 4. The molecule has 3 heteroatoms. The van der Waals surface area contributed by atoms with Gasteiger partial charge >= 0.3 is 0 Å². The molecule has 0 fully saturated rings. The van der Waals surface area contributed by atoms with Gasteiger partial charge in [-0.2, -0.15) is 0 Å². The lowest BCUT2D eigenvalue weighted by Gasteiger charge is -2.05. The lowest BCUT2D eigenvalue weighted by Crippen LogP contribution is -1.90. The van der Waals surface area contributed by atoms with Crippen molar-refractivity contribution in [1.82, 2.24) is 4.98 Å². The second-order valence-electron chi connectivity index (χ2n) is 3.44. The monoisotopic (exact) mass is 203 g/mol. The first-order valence-corrected chi connectivity index (χ1v) is 4.93. The Bertz CT molecular complexity index is 473. The van der Waals surface area contributed by atoms with E-state index in [1.165, 1.54) is 0 Å². The lowest BCUT2D eigenvalue weighted by atomic mass is 10.1. The van der Waals surface area contributed by atoms with Crippen molar-refractivity contribution in [2.45, 2.75) is 12.8 Å². The molecule has 0 unspecified atom stereocenters. The zero-order chi connectivity index (χ0) is 10.7. The predicted octanol–water partition coefficient (Wildman–Crippen LogP) is 2.31. The third-order valence-electron chi connectivity index (χ3n) is 2.46. The van der Waals surface area contributed by atoms with Crippen LogP contribution in [0.25, 0.3) is 10.9 Å². The summed E-state index contributed by atoms with van der Waals surface area (Å²) < 4.78 is 5.30. The molecule has 0 aliphatic carbocycles. The van der Waals surface area contributed by atoms with Gasteiger partial charge in [0.25, 0.3) is 0 Å². The molecular weight excluding hydrogens is 190 g/mol. The molecular formula is C12H13NO2. The minimum atomic E-state index is 0.551. The number of nitrogens with one attached hydrogen (secondary N) is 1. The Morgan fingerprint density at radius 2 is 2.33 bits per heavy atom. The summed E-state index contributed by atoms with van der Waals surface area (Å²) in [5.74, 6) is 0.856. The molecule has 0 aliphatic heterocycles. The van der Waals surface area contributed by atoms with Crippen LogP contribution in [0, 0.1) is 0 Å². The van der Waals surface area contributed by atoms with Crippen LogP contribution in [0.3, 0.4) is 0 Å². The summed E-state index contributed by atoms with van der Waals surface area (Å²) in [5, 5.41) is 1.08. The molecule has 1 N–H and O–H groups in total. The van der Waals surface area contributed by atoms with E-state index in [0.29, 0.717) is 6.42 Å². The molecule has 1 aromatic carbocycles. The minimum Gasteiger partial charge on any atom is -0.496 e. The van der Waals surface area contributed by atoms with Gasteiger partial charge in [-0.05, 0) is 30.2 Å². The van der Waals surface area contributed by atoms with Crippen LogP contribution in [0.15, 0.2) is 24.4 Å². The standard InChI is InChI=1S/C12H13NO2/c1-15-12-8-9(3-2-6-14)7-11-10(12)4-5-13-11/h4-8,13H,2-3H2,1H3. The topological polar surface area (TPSA) is 42.1 Å². The number of fused-ring (bicyclic) bond motifs is 1. The number of benzene rings is 1. The van der Waals surface area contributed by atoms with E-state index in [1.54, 1.807) is 7.11 Å². The molecule has 0 spiro atoms. The van der Waals surface area contributed by atoms with Gasteiger partial charge in [0, 0.05) is 23.5 Å². The van der Waals surface area contributed by atoms with Gasteiger partial charge in [-0.1, -0.05) is 0 Å². The number of aldehydes is 1. The van der Waals surface area contributed by atoms with Gasteiger partial charge in [0.1, 0.15) is 12.0 Å². The smallest absolute Gasteiger partial charge is 0.128 e. The summed E-state index contributed by atoms with van der Waals surface area (Å²) in [5.41, 5.74) is 2.17. The van der Waals surface area contributed by atoms with Crippen molar-refractivity contribution in [1.29, 1.82) is 0 Å². The number of aryl methyl sites for hydroxylation is 1. The van der Waals surface area contributed by atoms with E-state index in [0.717, 1.165) is 34.9 Å². The van der Waals surface area contributed by atoms with Crippen LogP contribution in [0.2, 0.25) is 0 Å². The highest BCUT2D eigenvalue weighted by Crippen LogP contribution is 2.26. The van der Waals surface area contributed by atoms with Crippen molar-refractivity contribution in [2.24, 2.45) is 0 Å². The Hall–Kier alpha value is -1.77. The van der Waals surface area contributed by atoms with E-state index in [2.05, 4.69) is 11.1 Å². The molecule has 0 atom stereocenters. The first kappa shape index (κ1) is 9.77. The van der Waals surface area contributed by atoms with Crippen molar-refractivity contribution in [3.05, 3.63) is 30.0 Å². The van der Waals surface area contributed by atoms with E-state index >= 15 is 0 Å². The van der Waals surface area contributed by atoms with E-state index in [9.17, 15) is 4.79 Å². The number of H-pyrrole nitrogens is 1. The first-order chi connectivity index (χ1) is 7.35. The maximum absolute atomic E-state index is 10.3. The predicted molar refractivity (Wildman–Crippen MR) is 59.2 cm³/mol. The lowest BCUT2D eigenvalue weighted by molar-refractivity contribution is -0.107. The van der Waals surface area contributed by atoms with Crippen LogP contribution >= 0.6 is 0 Å². The molecule has 1 aromatic heterocycles. The highest BCUT2D eigenvalue weighted by atomic mass is 16.5. The average Bonchev–Trinajstić information content (AvgIpc) is 2.73. The molecule has 0 aliphatic rings. The van der Waals surface area contributed by atoms with Crippen LogP contribution in [-0.2, 0) is 11.2 Å². The molecule has 3 nitrogen and oxygen atoms in total. The fourth-order valence-corrected chi connectivity index (χ4v) is 1.73. The molecule has 2 aromatic rings. The molecule has 0 amide bonds. The van der Waals surface area contributed by atoms with Crippen LogP contribution in [0.5, 0.6) is 5.75 Å². The number of aromatic nitrogens is 1. The maximum atomic E-state index is 10.3. The van der Waals surface area contributed by atoms with Crippen LogP contribution in [0.4, 0.5) is 0 Å². The van der Waals surface area contributed by atoms with Gasteiger partial charge in [0.2, 0.25) is 0 Å². The van der Waals surface area contributed by atoms with E-state index < -0.39 is 0 Å². The Balaban J connectivity index is 2.44. The second-order valence-corrected chi connectivity index (χ2v) is 3.44. The zero-order valence-electron chi connectivity index (χ0n) is 8.62. The third kappa shape index (κ3) is 1.86.